The Morgan fingerprint density at radius 3 is 2.18 bits per heavy atom. The van der Waals surface area contributed by atoms with Crippen molar-refractivity contribution in [3.05, 3.63) is 150 Å². The van der Waals surface area contributed by atoms with Gasteiger partial charge in [0.25, 0.3) is 11.8 Å². The Morgan fingerprint density at radius 1 is 0.776 bits per heavy atom. The standard InChI is InChI=1S/C39H32N4O4S2/c1-25-13-15-27(16-14-25)34-22-19-31(47-34)23-33(42-37(45)29-11-7-4-8-12-29)38(46)41-30-17-20-32(21-18-30)48-24-35(44)43-39-40-26(2)36(49-39)28-9-5-3-6-10-28/h3-23H,24H2,1-2H3,(H,41,46)(H,42,45)(H,40,43,44)/b33-23-. The van der Waals surface area contributed by atoms with E-state index in [0.717, 1.165) is 32.2 Å². The number of carbonyl (C=O) groups excluding carboxylic acids is 3. The predicted molar refractivity (Wildman–Crippen MR) is 197 cm³/mol. The molecule has 0 fully saturated rings. The molecule has 0 atom stereocenters. The number of rotatable bonds is 11. The van der Waals surface area contributed by atoms with Crippen LogP contribution in [0.3, 0.4) is 0 Å². The van der Waals surface area contributed by atoms with Crippen molar-refractivity contribution in [2.45, 2.75) is 18.7 Å². The number of aryl methyl sites for hydroxylation is 2. The Kier molecular flexibility index (Phi) is 10.5. The van der Waals surface area contributed by atoms with Crippen LogP contribution in [0.15, 0.2) is 136 Å². The Balaban J connectivity index is 1.10. The summed E-state index contributed by atoms with van der Waals surface area (Å²) in [6.07, 6.45) is 1.50. The summed E-state index contributed by atoms with van der Waals surface area (Å²) in [6, 6.07) is 37.2. The zero-order valence-electron chi connectivity index (χ0n) is 26.7. The molecule has 3 amide bonds. The predicted octanol–water partition coefficient (Wildman–Crippen LogP) is 8.83. The highest BCUT2D eigenvalue weighted by atomic mass is 32.2. The first kappa shape index (κ1) is 33.2. The van der Waals surface area contributed by atoms with Crippen LogP contribution in [0.1, 0.15) is 27.4 Å². The molecule has 10 heteroatoms. The van der Waals surface area contributed by atoms with Gasteiger partial charge in [-0.1, -0.05) is 89.7 Å². The second kappa shape index (κ2) is 15.5. The van der Waals surface area contributed by atoms with Gasteiger partial charge in [-0.25, -0.2) is 4.98 Å². The maximum atomic E-state index is 13.5. The first-order valence-corrected chi connectivity index (χ1v) is 17.2. The number of hydrogen-bond acceptors (Lipinski definition) is 7. The molecule has 0 aliphatic heterocycles. The minimum absolute atomic E-state index is 0.0154. The smallest absolute Gasteiger partial charge is 0.272 e. The van der Waals surface area contributed by atoms with E-state index in [1.165, 1.54) is 29.2 Å². The van der Waals surface area contributed by atoms with Crippen LogP contribution in [0, 0.1) is 13.8 Å². The molecule has 0 unspecified atom stereocenters. The van der Waals surface area contributed by atoms with E-state index in [9.17, 15) is 14.4 Å². The zero-order chi connectivity index (χ0) is 34.2. The normalized spacial score (nSPS) is 11.2. The molecule has 0 radical (unpaired) electrons. The fraction of sp³-hybridized carbons (Fsp3) is 0.0769. The van der Waals surface area contributed by atoms with Crippen molar-refractivity contribution in [3.63, 3.8) is 0 Å². The maximum absolute atomic E-state index is 13.5. The van der Waals surface area contributed by atoms with Crippen molar-refractivity contribution in [2.75, 3.05) is 16.4 Å². The third-order valence-corrected chi connectivity index (χ3v) is 9.47. The van der Waals surface area contributed by atoms with Crippen molar-refractivity contribution in [1.82, 2.24) is 10.3 Å². The molecular formula is C39H32N4O4S2. The Bertz CT molecular complexity index is 2100. The van der Waals surface area contributed by atoms with Gasteiger partial charge in [0.05, 0.1) is 16.3 Å². The average Bonchev–Trinajstić information content (AvgIpc) is 3.74. The SMILES string of the molecule is Cc1ccc(-c2ccc(/C=C(\NC(=O)c3ccccc3)C(=O)Nc3ccc(SCC(=O)Nc4nc(C)c(-c5ccccc5)s4)cc3)o2)cc1. The number of nitrogens with zero attached hydrogens (tertiary/aromatic N) is 1. The van der Waals surface area contributed by atoms with Gasteiger partial charge in [-0.15, -0.1) is 11.8 Å². The van der Waals surface area contributed by atoms with E-state index in [1.807, 2.05) is 92.7 Å². The number of furan rings is 1. The van der Waals surface area contributed by atoms with E-state index in [0.29, 0.717) is 27.9 Å². The van der Waals surface area contributed by atoms with Crippen molar-refractivity contribution in [2.24, 2.45) is 0 Å². The van der Waals surface area contributed by atoms with E-state index < -0.39 is 11.8 Å². The minimum atomic E-state index is -0.522. The van der Waals surface area contributed by atoms with Gasteiger partial charge in [0.1, 0.15) is 17.2 Å². The molecule has 0 aliphatic carbocycles. The molecule has 8 nitrogen and oxygen atoms in total. The number of aromatic nitrogens is 1. The number of nitrogens with one attached hydrogen (secondary N) is 3. The summed E-state index contributed by atoms with van der Waals surface area (Å²) in [6.45, 7) is 3.94. The third kappa shape index (κ3) is 8.81. The van der Waals surface area contributed by atoms with Gasteiger partial charge >= 0.3 is 0 Å². The molecule has 49 heavy (non-hydrogen) atoms. The molecule has 0 aliphatic rings. The van der Waals surface area contributed by atoms with Gasteiger partial charge in [0.2, 0.25) is 5.91 Å². The fourth-order valence-corrected chi connectivity index (χ4v) is 6.52. The topological polar surface area (TPSA) is 113 Å². The molecule has 6 aromatic rings. The van der Waals surface area contributed by atoms with Crippen molar-refractivity contribution >= 4 is 57.7 Å². The summed E-state index contributed by atoms with van der Waals surface area (Å²) < 4.78 is 6.01. The van der Waals surface area contributed by atoms with E-state index >= 15 is 0 Å². The fourth-order valence-electron chi connectivity index (χ4n) is 4.83. The second-order valence-corrected chi connectivity index (χ2v) is 13.1. The molecule has 4 aromatic carbocycles. The average molecular weight is 685 g/mol. The number of carbonyl (C=O) groups is 3. The van der Waals surface area contributed by atoms with Crippen LogP contribution in [0.4, 0.5) is 10.8 Å². The lowest BCUT2D eigenvalue weighted by atomic mass is 10.1. The monoisotopic (exact) mass is 684 g/mol. The first-order valence-electron chi connectivity index (χ1n) is 15.4. The summed E-state index contributed by atoms with van der Waals surface area (Å²) in [5.74, 6) is 0.122. The van der Waals surface area contributed by atoms with Crippen LogP contribution in [0.25, 0.3) is 27.8 Å². The summed E-state index contributed by atoms with van der Waals surface area (Å²) in [5, 5.41) is 9.04. The third-order valence-electron chi connectivity index (χ3n) is 7.34. The van der Waals surface area contributed by atoms with Crippen LogP contribution >= 0.6 is 23.1 Å². The summed E-state index contributed by atoms with van der Waals surface area (Å²) in [4.78, 5) is 45.6. The van der Waals surface area contributed by atoms with Crippen LogP contribution < -0.4 is 16.0 Å². The van der Waals surface area contributed by atoms with Crippen LogP contribution in [-0.4, -0.2) is 28.5 Å². The van der Waals surface area contributed by atoms with E-state index in [4.69, 9.17) is 4.42 Å². The quantitative estimate of drug-likeness (QED) is 0.0929. The number of benzene rings is 4. The lowest BCUT2D eigenvalue weighted by Crippen LogP contribution is -2.30. The van der Waals surface area contributed by atoms with E-state index in [2.05, 4.69) is 20.9 Å². The van der Waals surface area contributed by atoms with Crippen LogP contribution in [0.5, 0.6) is 0 Å². The molecule has 2 heterocycles. The number of thiazole rings is 1. The Hall–Kier alpha value is -5.71. The molecule has 0 spiro atoms. The van der Waals surface area contributed by atoms with Gasteiger partial charge in [-0.3, -0.25) is 14.4 Å². The second-order valence-electron chi connectivity index (χ2n) is 11.1. The molecule has 0 saturated heterocycles. The summed E-state index contributed by atoms with van der Waals surface area (Å²) >= 11 is 2.82. The van der Waals surface area contributed by atoms with Crippen LogP contribution in [-0.2, 0) is 9.59 Å². The van der Waals surface area contributed by atoms with Gasteiger partial charge in [0.15, 0.2) is 5.13 Å². The van der Waals surface area contributed by atoms with Crippen LogP contribution in [0.2, 0.25) is 0 Å². The van der Waals surface area contributed by atoms with Crippen molar-refractivity contribution < 1.29 is 18.8 Å². The van der Waals surface area contributed by atoms with Crippen molar-refractivity contribution in [3.8, 4) is 21.8 Å². The van der Waals surface area contributed by atoms with Crippen molar-refractivity contribution in [1.29, 1.82) is 0 Å². The Morgan fingerprint density at radius 2 is 1.47 bits per heavy atom. The molecule has 3 N–H and O–H groups in total. The first-order chi connectivity index (χ1) is 23.8. The molecular weight excluding hydrogens is 653 g/mol. The minimum Gasteiger partial charge on any atom is -0.457 e. The number of anilines is 2. The number of thioether (sulfide) groups is 1. The van der Waals surface area contributed by atoms with Gasteiger partial charge in [-0.2, -0.15) is 0 Å². The van der Waals surface area contributed by atoms with Gasteiger partial charge in [-0.05, 0) is 67.9 Å². The molecule has 2 aromatic heterocycles. The lowest BCUT2D eigenvalue weighted by molar-refractivity contribution is -0.114. The summed E-state index contributed by atoms with van der Waals surface area (Å²) in [7, 11) is 0. The van der Waals surface area contributed by atoms with E-state index in [1.54, 1.807) is 42.5 Å². The molecule has 0 bridgehead atoms. The highest BCUT2D eigenvalue weighted by Gasteiger charge is 2.17. The highest BCUT2D eigenvalue weighted by Crippen LogP contribution is 2.33. The largest absolute Gasteiger partial charge is 0.457 e. The Labute approximate surface area is 292 Å². The van der Waals surface area contributed by atoms with E-state index in [-0.39, 0.29) is 17.4 Å². The number of amides is 3. The lowest BCUT2D eigenvalue weighted by Gasteiger charge is -2.11. The number of hydrogen-bond donors (Lipinski definition) is 3. The zero-order valence-corrected chi connectivity index (χ0v) is 28.4. The summed E-state index contributed by atoms with van der Waals surface area (Å²) in [5.41, 5.74) is 4.91. The highest BCUT2D eigenvalue weighted by molar-refractivity contribution is 8.00. The molecule has 6 rings (SSSR count). The maximum Gasteiger partial charge on any atom is 0.272 e. The molecule has 244 valence electrons. The van der Waals surface area contributed by atoms with Gasteiger partial charge in [0, 0.05) is 27.8 Å². The van der Waals surface area contributed by atoms with Gasteiger partial charge < -0.3 is 20.4 Å². The molecule has 0 saturated carbocycles.